The monoisotopic (exact) mass is 228 g/mol. The van der Waals surface area contributed by atoms with E-state index in [0.29, 0.717) is 13.1 Å². The number of aliphatic carboxylic acids is 1. The number of urea groups is 1. The summed E-state index contributed by atoms with van der Waals surface area (Å²) in [6.45, 7) is 5.61. The molecule has 0 aromatic heterocycles. The maximum atomic E-state index is 11.8. The van der Waals surface area contributed by atoms with Crippen molar-refractivity contribution in [3.8, 4) is 0 Å². The molecule has 92 valence electrons. The van der Waals surface area contributed by atoms with Gasteiger partial charge in [-0.15, -0.1) is 0 Å². The van der Waals surface area contributed by atoms with Crippen LogP contribution in [0.1, 0.15) is 20.3 Å². The second kappa shape index (κ2) is 5.18. The molecule has 1 N–H and O–H groups in total. The standard InChI is InChI=1S/C11H20N2O3/c1-4-5-12(3)11(16)13-6-9(7-13)8(2)10(14)15/h8-9H,4-7H2,1-3H3,(H,14,15). The molecule has 1 unspecified atom stereocenters. The Hall–Kier alpha value is -1.26. The van der Waals surface area contributed by atoms with Gasteiger partial charge >= 0.3 is 12.0 Å². The van der Waals surface area contributed by atoms with Crippen LogP contribution in [0, 0.1) is 11.8 Å². The summed E-state index contributed by atoms with van der Waals surface area (Å²) in [5.74, 6) is -1.03. The summed E-state index contributed by atoms with van der Waals surface area (Å²) < 4.78 is 0. The molecular formula is C11H20N2O3. The van der Waals surface area contributed by atoms with Crippen LogP contribution in [0.3, 0.4) is 0 Å². The van der Waals surface area contributed by atoms with Crippen molar-refractivity contribution in [2.45, 2.75) is 20.3 Å². The van der Waals surface area contributed by atoms with E-state index < -0.39 is 5.97 Å². The molecule has 16 heavy (non-hydrogen) atoms. The minimum absolute atomic E-state index is 0.00990. The third-order valence-corrected chi connectivity index (χ3v) is 3.16. The van der Waals surface area contributed by atoms with Gasteiger partial charge in [-0.2, -0.15) is 0 Å². The number of carboxylic acid groups (broad SMARTS) is 1. The summed E-state index contributed by atoms with van der Waals surface area (Å²) in [4.78, 5) is 25.9. The Morgan fingerprint density at radius 1 is 1.50 bits per heavy atom. The van der Waals surface area contributed by atoms with Gasteiger partial charge in [0, 0.05) is 32.6 Å². The van der Waals surface area contributed by atoms with Gasteiger partial charge in [0.15, 0.2) is 0 Å². The molecule has 0 aromatic rings. The highest BCUT2D eigenvalue weighted by molar-refractivity contribution is 5.76. The zero-order valence-corrected chi connectivity index (χ0v) is 10.1. The SMILES string of the molecule is CCCN(C)C(=O)N1CC(C(C)C(=O)O)C1. The summed E-state index contributed by atoms with van der Waals surface area (Å²) >= 11 is 0. The first-order valence-electron chi connectivity index (χ1n) is 5.70. The molecule has 1 aliphatic heterocycles. The minimum Gasteiger partial charge on any atom is -0.481 e. The Bertz CT molecular complexity index is 274. The van der Waals surface area contributed by atoms with Crippen molar-refractivity contribution in [1.82, 2.24) is 9.80 Å². The highest BCUT2D eigenvalue weighted by Gasteiger charge is 2.37. The molecule has 1 aliphatic rings. The van der Waals surface area contributed by atoms with Crippen LogP contribution in [0.5, 0.6) is 0 Å². The normalized spacial score (nSPS) is 17.8. The molecule has 0 saturated carbocycles. The Kier molecular flexibility index (Phi) is 4.15. The van der Waals surface area contributed by atoms with E-state index >= 15 is 0 Å². The van der Waals surface area contributed by atoms with Crippen molar-refractivity contribution < 1.29 is 14.7 Å². The Labute approximate surface area is 96.0 Å². The number of carbonyl (C=O) groups is 2. The van der Waals surface area contributed by atoms with E-state index in [0.717, 1.165) is 13.0 Å². The van der Waals surface area contributed by atoms with E-state index in [-0.39, 0.29) is 17.9 Å². The van der Waals surface area contributed by atoms with E-state index in [1.54, 1.807) is 23.8 Å². The van der Waals surface area contributed by atoms with Gasteiger partial charge in [-0.3, -0.25) is 4.79 Å². The summed E-state index contributed by atoms with van der Waals surface area (Å²) in [6, 6.07) is 0.00990. The lowest BCUT2D eigenvalue weighted by Crippen LogP contribution is -2.56. The van der Waals surface area contributed by atoms with Crippen LogP contribution >= 0.6 is 0 Å². The molecule has 1 rings (SSSR count). The van der Waals surface area contributed by atoms with Crippen molar-refractivity contribution in [3.63, 3.8) is 0 Å². The smallest absolute Gasteiger partial charge is 0.319 e. The maximum Gasteiger partial charge on any atom is 0.319 e. The third-order valence-electron chi connectivity index (χ3n) is 3.16. The molecule has 5 heteroatoms. The predicted octanol–water partition coefficient (Wildman–Crippen LogP) is 1.10. The Morgan fingerprint density at radius 3 is 2.50 bits per heavy atom. The minimum atomic E-state index is -0.779. The first-order chi connectivity index (χ1) is 7.47. The molecule has 1 saturated heterocycles. The molecule has 0 aromatic carbocycles. The quantitative estimate of drug-likeness (QED) is 0.783. The first-order valence-corrected chi connectivity index (χ1v) is 5.70. The van der Waals surface area contributed by atoms with Crippen molar-refractivity contribution in [1.29, 1.82) is 0 Å². The van der Waals surface area contributed by atoms with Gasteiger partial charge < -0.3 is 14.9 Å². The average Bonchev–Trinajstić information content (AvgIpc) is 2.15. The van der Waals surface area contributed by atoms with Gasteiger partial charge in [-0.25, -0.2) is 4.79 Å². The van der Waals surface area contributed by atoms with Crippen LogP contribution in [-0.4, -0.2) is 53.6 Å². The van der Waals surface area contributed by atoms with Crippen molar-refractivity contribution in [2.24, 2.45) is 11.8 Å². The molecule has 0 spiro atoms. The topological polar surface area (TPSA) is 60.9 Å². The lowest BCUT2D eigenvalue weighted by atomic mass is 9.87. The highest BCUT2D eigenvalue weighted by Crippen LogP contribution is 2.24. The summed E-state index contributed by atoms with van der Waals surface area (Å²) in [5.41, 5.74) is 0. The molecule has 2 amide bonds. The average molecular weight is 228 g/mol. The molecule has 0 bridgehead atoms. The van der Waals surface area contributed by atoms with Gasteiger partial charge in [-0.05, 0) is 6.42 Å². The second-order valence-corrected chi connectivity index (χ2v) is 4.50. The number of nitrogens with zero attached hydrogens (tertiary/aromatic N) is 2. The molecule has 0 radical (unpaired) electrons. The lowest BCUT2D eigenvalue weighted by Gasteiger charge is -2.42. The molecule has 1 atom stereocenters. The second-order valence-electron chi connectivity index (χ2n) is 4.50. The number of carboxylic acids is 1. The van der Waals surface area contributed by atoms with Crippen molar-refractivity contribution in [3.05, 3.63) is 0 Å². The van der Waals surface area contributed by atoms with Crippen LogP contribution in [0.25, 0.3) is 0 Å². The molecule has 5 nitrogen and oxygen atoms in total. The van der Waals surface area contributed by atoms with Crippen LogP contribution in [0.4, 0.5) is 4.79 Å². The number of rotatable bonds is 4. The van der Waals surface area contributed by atoms with Crippen LogP contribution in [-0.2, 0) is 4.79 Å². The predicted molar refractivity (Wildman–Crippen MR) is 60.2 cm³/mol. The molecule has 1 heterocycles. The fourth-order valence-corrected chi connectivity index (χ4v) is 1.86. The highest BCUT2D eigenvalue weighted by atomic mass is 16.4. The zero-order chi connectivity index (χ0) is 12.3. The van der Waals surface area contributed by atoms with E-state index in [2.05, 4.69) is 0 Å². The van der Waals surface area contributed by atoms with Crippen molar-refractivity contribution in [2.75, 3.05) is 26.7 Å². The Morgan fingerprint density at radius 2 is 2.06 bits per heavy atom. The van der Waals surface area contributed by atoms with Crippen LogP contribution < -0.4 is 0 Å². The van der Waals surface area contributed by atoms with Gasteiger partial charge in [0.05, 0.1) is 5.92 Å². The number of likely N-dealkylation sites (tertiary alicyclic amines) is 1. The van der Waals surface area contributed by atoms with E-state index in [4.69, 9.17) is 5.11 Å². The largest absolute Gasteiger partial charge is 0.481 e. The van der Waals surface area contributed by atoms with E-state index in [1.807, 2.05) is 6.92 Å². The van der Waals surface area contributed by atoms with Gasteiger partial charge in [0.1, 0.15) is 0 Å². The summed E-state index contributed by atoms with van der Waals surface area (Å²) in [6.07, 6.45) is 0.936. The number of hydrogen-bond acceptors (Lipinski definition) is 2. The molecular weight excluding hydrogens is 208 g/mol. The van der Waals surface area contributed by atoms with Crippen molar-refractivity contribution >= 4 is 12.0 Å². The van der Waals surface area contributed by atoms with E-state index in [1.165, 1.54) is 0 Å². The number of carbonyl (C=O) groups excluding carboxylic acids is 1. The van der Waals surface area contributed by atoms with Crippen LogP contribution in [0.15, 0.2) is 0 Å². The Balaban J connectivity index is 2.35. The number of amides is 2. The zero-order valence-electron chi connectivity index (χ0n) is 10.1. The van der Waals surface area contributed by atoms with Crippen LogP contribution in [0.2, 0.25) is 0 Å². The third kappa shape index (κ3) is 2.65. The maximum absolute atomic E-state index is 11.8. The van der Waals surface area contributed by atoms with Gasteiger partial charge in [0.2, 0.25) is 0 Å². The first kappa shape index (κ1) is 12.8. The van der Waals surface area contributed by atoms with E-state index in [9.17, 15) is 9.59 Å². The molecule has 1 fully saturated rings. The van der Waals surface area contributed by atoms with Gasteiger partial charge in [-0.1, -0.05) is 13.8 Å². The fourth-order valence-electron chi connectivity index (χ4n) is 1.86. The summed E-state index contributed by atoms with van der Waals surface area (Å²) in [5, 5.41) is 8.82. The lowest BCUT2D eigenvalue weighted by molar-refractivity contribution is -0.144. The molecule has 0 aliphatic carbocycles. The fraction of sp³-hybridized carbons (Fsp3) is 0.818. The number of hydrogen-bond donors (Lipinski definition) is 1. The summed E-state index contributed by atoms with van der Waals surface area (Å²) in [7, 11) is 1.78. The van der Waals surface area contributed by atoms with Gasteiger partial charge in [0.25, 0.3) is 0 Å².